The molecule has 0 saturated carbocycles. The SMILES string of the molecule is CCCCC(C)C1OC(=O)COC1=O. The Labute approximate surface area is 83.6 Å². The maximum absolute atomic E-state index is 11.2. The van der Waals surface area contributed by atoms with Crippen molar-refractivity contribution in [3.8, 4) is 0 Å². The molecule has 0 radical (unpaired) electrons. The lowest BCUT2D eigenvalue weighted by Gasteiger charge is -2.25. The predicted octanol–water partition coefficient (Wildman–Crippen LogP) is 1.28. The quantitative estimate of drug-likeness (QED) is 0.641. The summed E-state index contributed by atoms with van der Waals surface area (Å²) in [4.78, 5) is 22.1. The molecule has 0 spiro atoms. The van der Waals surface area contributed by atoms with Crippen LogP contribution in [0.15, 0.2) is 0 Å². The Balaban J connectivity index is 2.47. The van der Waals surface area contributed by atoms with E-state index in [1.54, 1.807) is 0 Å². The zero-order chi connectivity index (χ0) is 10.6. The highest BCUT2D eigenvalue weighted by molar-refractivity contribution is 5.85. The van der Waals surface area contributed by atoms with Gasteiger partial charge in [-0.1, -0.05) is 26.7 Å². The van der Waals surface area contributed by atoms with E-state index < -0.39 is 18.0 Å². The third-order valence-electron chi connectivity index (χ3n) is 2.35. The normalized spacial score (nSPS) is 24.0. The first-order chi connectivity index (χ1) is 6.65. The van der Waals surface area contributed by atoms with Crippen molar-refractivity contribution in [2.24, 2.45) is 5.92 Å². The molecule has 2 atom stereocenters. The Morgan fingerprint density at radius 3 is 2.86 bits per heavy atom. The summed E-state index contributed by atoms with van der Waals surface area (Å²) in [6, 6.07) is 0. The smallest absolute Gasteiger partial charge is 0.348 e. The number of unbranched alkanes of at least 4 members (excludes halogenated alkanes) is 1. The van der Waals surface area contributed by atoms with Gasteiger partial charge in [-0.25, -0.2) is 9.59 Å². The van der Waals surface area contributed by atoms with Gasteiger partial charge >= 0.3 is 11.9 Å². The number of ether oxygens (including phenoxy) is 2. The van der Waals surface area contributed by atoms with Crippen LogP contribution in [-0.2, 0) is 19.1 Å². The Bertz CT molecular complexity index is 224. The third kappa shape index (κ3) is 2.72. The van der Waals surface area contributed by atoms with Crippen LogP contribution in [-0.4, -0.2) is 24.6 Å². The highest BCUT2D eigenvalue weighted by atomic mass is 16.6. The second-order valence-corrected chi connectivity index (χ2v) is 3.64. The predicted molar refractivity (Wildman–Crippen MR) is 49.5 cm³/mol. The lowest BCUT2D eigenvalue weighted by molar-refractivity contribution is -0.188. The standard InChI is InChI=1S/C10H16O4/c1-3-4-5-7(2)9-10(12)13-6-8(11)14-9/h7,9H,3-6H2,1-2H3. The van der Waals surface area contributed by atoms with E-state index in [9.17, 15) is 9.59 Å². The van der Waals surface area contributed by atoms with Crippen molar-refractivity contribution in [3.05, 3.63) is 0 Å². The number of hydrogen-bond acceptors (Lipinski definition) is 4. The molecule has 1 heterocycles. The van der Waals surface area contributed by atoms with E-state index in [0.717, 1.165) is 19.3 Å². The lowest BCUT2D eigenvalue weighted by Crippen LogP contribution is -2.41. The molecule has 0 aromatic carbocycles. The molecule has 4 heteroatoms. The molecule has 1 aliphatic rings. The first-order valence-corrected chi connectivity index (χ1v) is 5.01. The Hall–Kier alpha value is -1.06. The van der Waals surface area contributed by atoms with E-state index in [1.807, 2.05) is 6.92 Å². The molecule has 0 aromatic rings. The molecule has 1 saturated heterocycles. The fourth-order valence-electron chi connectivity index (χ4n) is 1.46. The van der Waals surface area contributed by atoms with Crippen LogP contribution in [0, 0.1) is 5.92 Å². The molecule has 1 rings (SSSR count). The second kappa shape index (κ2) is 4.98. The summed E-state index contributed by atoms with van der Waals surface area (Å²) < 4.78 is 9.63. The summed E-state index contributed by atoms with van der Waals surface area (Å²) in [5.74, 6) is -0.808. The average Bonchev–Trinajstić information content (AvgIpc) is 2.18. The Kier molecular flexibility index (Phi) is 3.92. The van der Waals surface area contributed by atoms with Gasteiger partial charge in [-0.3, -0.25) is 0 Å². The molecule has 2 unspecified atom stereocenters. The average molecular weight is 200 g/mol. The molecule has 14 heavy (non-hydrogen) atoms. The Morgan fingerprint density at radius 1 is 1.50 bits per heavy atom. The number of carbonyl (C=O) groups excluding carboxylic acids is 2. The van der Waals surface area contributed by atoms with E-state index in [0.29, 0.717) is 0 Å². The molecule has 0 aliphatic carbocycles. The van der Waals surface area contributed by atoms with Gasteiger partial charge in [0, 0.05) is 5.92 Å². The van der Waals surface area contributed by atoms with Crippen molar-refractivity contribution >= 4 is 11.9 Å². The summed E-state index contributed by atoms with van der Waals surface area (Å²) in [5, 5.41) is 0. The van der Waals surface area contributed by atoms with Crippen LogP contribution in [0.25, 0.3) is 0 Å². The summed E-state index contributed by atoms with van der Waals surface area (Å²) in [5.41, 5.74) is 0. The van der Waals surface area contributed by atoms with Crippen LogP contribution in [0.1, 0.15) is 33.1 Å². The fourth-order valence-corrected chi connectivity index (χ4v) is 1.46. The van der Waals surface area contributed by atoms with Crippen LogP contribution in [0.2, 0.25) is 0 Å². The molecule has 4 nitrogen and oxygen atoms in total. The minimum atomic E-state index is -0.692. The van der Waals surface area contributed by atoms with Gasteiger partial charge in [0.15, 0.2) is 6.61 Å². The van der Waals surface area contributed by atoms with Crippen LogP contribution in [0.3, 0.4) is 0 Å². The number of esters is 2. The summed E-state index contributed by atoms with van der Waals surface area (Å²) >= 11 is 0. The maximum atomic E-state index is 11.2. The van der Waals surface area contributed by atoms with E-state index >= 15 is 0 Å². The van der Waals surface area contributed by atoms with Gasteiger partial charge < -0.3 is 9.47 Å². The first-order valence-electron chi connectivity index (χ1n) is 5.01. The monoisotopic (exact) mass is 200 g/mol. The molecular formula is C10H16O4. The zero-order valence-electron chi connectivity index (χ0n) is 8.62. The van der Waals surface area contributed by atoms with E-state index in [2.05, 4.69) is 6.92 Å². The van der Waals surface area contributed by atoms with E-state index in [1.165, 1.54) is 0 Å². The van der Waals surface area contributed by atoms with E-state index in [-0.39, 0.29) is 12.5 Å². The van der Waals surface area contributed by atoms with Gasteiger partial charge in [0.1, 0.15) is 0 Å². The molecule has 1 aliphatic heterocycles. The van der Waals surface area contributed by atoms with Crippen LogP contribution in [0.5, 0.6) is 0 Å². The van der Waals surface area contributed by atoms with Crippen molar-refractivity contribution in [2.45, 2.75) is 39.2 Å². The molecule has 1 fully saturated rings. The lowest BCUT2D eigenvalue weighted by atomic mass is 9.97. The minimum absolute atomic E-state index is 0.0479. The first kappa shape index (κ1) is 11.0. The number of rotatable bonds is 4. The summed E-state index contributed by atoms with van der Waals surface area (Å²) in [6.45, 7) is 3.74. The number of cyclic esters (lactones) is 2. The summed E-state index contributed by atoms with van der Waals surface area (Å²) in [6.07, 6.45) is 2.29. The van der Waals surface area contributed by atoms with Gasteiger partial charge in [0.25, 0.3) is 0 Å². The molecule has 80 valence electrons. The number of carbonyl (C=O) groups is 2. The van der Waals surface area contributed by atoms with Crippen molar-refractivity contribution in [2.75, 3.05) is 6.61 Å². The van der Waals surface area contributed by atoms with Gasteiger partial charge in [-0.15, -0.1) is 0 Å². The summed E-state index contributed by atoms with van der Waals surface area (Å²) in [7, 11) is 0. The van der Waals surface area contributed by atoms with Crippen molar-refractivity contribution in [1.82, 2.24) is 0 Å². The topological polar surface area (TPSA) is 52.6 Å². The van der Waals surface area contributed by atoms with Crippen molar-refractivity contribution in [1.29, 1.82) is 0 Å². The fraction of sp³-hybridized carbons (Fsp3) is 0.800. The highest BCUT2D eigenvalue weighted by Gasteiger charge is 2.34. The van der Waals surface area contributed by atoms with Crippen LogP contribution in [0.4, 0.5) is 0 Å². The van der Waals surface area contributed by atoms with Gasteiger partial charge in [0.2, 0.25) is 6.10 Å². The van der Waals surface area contributed by atoms with Gasteiger partial charge in [0.05, 0.1) is 0 Å². The molecule has 0 N–H and O–H groups in total. The maximum Gasteiger partial charge on any atom is 0.348 e. The second-order valence-electron chi connectivity index (χ2n) is 3.64. The minimum Gasteiger partial charge on any atom is -0.451 e. The molecule has 0 aromatic heterocycles. The van der Waals surface area contributed by atoms with Crippen LogP contribution >= 0.6 is 0 Å². The molecule has 0 bridgehead atoms. The van der Waals surface area contributed by atoms with Gasteiger partial charge in [-0.05, 0) is 6.42 Å². The Morgan fingerprint density at radius 2 is 2.21 bits per heavy atom. The third-order valence-corrected chi connectivity index (χ3v) is 2.35. The highest BCUT2D eigenvalue weighted by Crippen LogP contribution is 2.19. The van der Waals surface area contributed by atoms with E-state index in [4.69, 9.17) is 9.47 Å². The molecule has 0 amide bonds. The van der Waals surface area contributed by atoms with Gasteiger partial charge in [-0.2, -0.15) is 0 Å². The number of hydrogen-bond donors (Lipinski definition) is 0. The van der Waals surface area contributed by atoms with Crippen molar-refractivity contribution < 1.29 is 19.1 Å². The largest absolute Gasteiger partial charge is 0.451 e. The zero-order valence-corrected chi connectivity index (χ0v) is 8.62. The molecular weight excluding hydrogens is 184 g/mol. The van der Waals surface area contributed by atoms with Crippen LogP contribution < -0.4 is 0 Å². The van der Waals surface area contributed by atoms with Crippen molar-refractivity contribution in [3.63, 3.8) is 0 Å².